The lowest BCUT2D eigenvalue weighted by molar-refractivity contribution is -0.104. The molecule has 0 bridgehead atoms. The van der Waals surface area contributed by atoms with Crippen molar-refractivity contribution < 1.29 is 9.59 Å². The molecule has 0 aromatic rings. The van der Waals surface area contributed by atoms with Crippen LogP contribution in [0.1, 0.15) is 25.7 Å². The Balaban J connectivity index is 3.21. The molecule has 2 nitrogen and oxygen atoms in total. The van der Waals surface area contributed by atoms with Gasteiger partial charge in [0.05, 0.1) is 0 Å². The van der Waals surface area contributed by atoms with Crippen molar-refractivity contribution in [2.24, 2.45) is 0 Å². The maximum atomic E-state index is 9.74. The SMILES string of the molecule is O=CC#CCCCCC#CC=O. The molecule has 0 radical (unpaired) electrons. The van der Waals surface area contributed by atoms with Gasteiger partial charge in [0.15, 0.2) is 12.6 Å². The van der Waals surface area contributed by atoms with Crippen molar-refractivity contribution in [1.82, 2.24) is 0 Å². The van der Waals surface area contributed by atoms with Gasteiger partial charge in [-0.2, -0.15) is 0 Å². The summed E-state index contributed by atoms with van der Waals surface area (Å²) in [6.07, 6.45) is 4.48. The Hall–Kier alpha value is -1.54. The van der Waals surface area contributed by atoms with E-state index in [4.69, 9.17) is 0 Å². The van der Waals surface area contributed by atoms with Crippen LogP contribution in [0.3, 0.4) is 0 Å². The van der Waals surface area contributed by atoms with Gasteiger partial charge in [0, 0.05) is 12.8 Å². The topological polar surface area (TPSA) is 34.1 Å². The third-order valence-electron chi connectivity index (χ3n) is 1.18. The second kappa shape index (κ2) is 9.46. The van der Waals surface area contributed by atoms with Crippen LogP contribution in [0.25, 0.3) is 0 Å². The quantitative estimate of drug-likeness (QED) is 0.352. The van der Waals surface area contributed by atoms with Gasteiger partial charge in [-0.15, -0.1) is 0 Å². The van der Waals surface area contributed by atoms with Crippen LogP contribution in [-0.2, 0) is 9.59 Å². The highest BCUT2D eigenvalue weighted by atomic mass is 16.1. The molecule has 0 aromatic carbocycles. The lowest BCUT2D eigenvalue weighted by Crippen LogP contribution is -1.73. The highest BCUT2D eigenvalue weighted by molar-refractivity contribution is 5.72. The molecule has 0 aliphatic carbocycles. The van der Waals surface area contributed by atoms with Crippen molar-refractivity contribution in [3.63, 3.8) is 0 Å². The number of carbonyl (C=O) groups is 2. The zero-order valence-corrected chi connectivity index (χ0v) is 6.80. The Morgan fingerprint density at radius 3 is 1.58 bits per heavy atom. The minimum Gasteiger partial charge on any atom is -0.289 e. The van der Waals surface area contributed by atoms with E-state index >= 15 is 0 Å². The van der Waals surface area contributed by atoms with Crippen molar-refractivity contribution in [3.05, 3.63) is 0 Å². The molecule has 0 aliphatic rings. The third-order valence-corrected chi connectivity index (χ3v) is 1.18. The fourth-order valence-corrected chi connectivity index (χ4v) is 0.654. The standard InChI is InChI=1S/C10H10O2/c11-9-7-5-3-1-2-4-6-8-10-12/h9-10H,1-4H2. The van der Waals surface area contributed by atoms with E-state index in [2.05, 4.69) is 23.7 Å². The molecule has 0 spiro atoms. The van der Waals surface area contributed by atoms with Crippen LogP contribution in [-0.4, -0.2) is 12.6 Å². The van der Waals surface area contributed by atoms with Crippen molar-refractivity contribution in [3.8, 4) is 23.7 Å². The van der Waals surface area contributed by atoms with E-state index in [1.54, 1.807) is 0 Å². The molecule has 2 heteroatoms. The molecule has 0 unspecified atom stereocenters. The lowest BCUT2D eigenvalue weighted by Gasteiger charge is -1.87. The number of hydrogen-bond donors (Lipinski definition) is 0. The Morgan fingerprint density at radius 1 is 0.833 bits per heavy atom. The van der Waals surface area contributed by atoms with Gasteiger partial charge in [0.25, 0.3) is 0 Å². The molecular weight excluding hydrogens is 152 g/mol. The summed E-state index contributed by atoms with van der Waals surface area (Å²) in [4.78, 5) is 19.5. The monoisotopic (exact) mass is 162 g/mol. The maximum absolute atomic E-state index is 9.74. The van der Waals surface area contributed by atoms with Gasteiger partial charge in [-0.1, -0.05) is 11.8 Å². The van der Waals surface area contributed by atoms with Crippen molar-refractivity contribution >= 4 is 12.6 Å². The molecule has 0 N–H and O–H groups in total. The zero-order chi connectivity index (χ0) is 9.07. The Kier molecular flexibility index (Phi) is 8.25. The van der Waals surface area contributed by atoms with E-state index < -0.39 is 0 Å². The Bertz CT molecular complexity index is 216. The van der Waals surface area contributed by atoms with E-state index in [0.29, 0.717) is 12.6 Å². The summed E-state index contributed by atoms with van der Waals surface area (Å²) in [6.45, 7) is 0. The highest BCUT2D eigenvalue weighted by Gasteiger charge is 1.81. The molecular formula is C10H10O2. The predicted molar refractivity (Wildman–Crippen MR) is 46.1 cm³/mol. The highest BCUT2D eigenvalue weighted by Crippen LogP contribution is 1.96. The Morgan fingerprint density at radius 2 is 1.25 bits per heavy atom. The number of hydrogen-bond acceptors (Lipinski definition) is 2. The van der Waals surface area contributed by atoms with Gasteiger partial charge >= 0.3 is 0 Å². The van der Waals surface area contributed by atoms with Crippen LogP contribution in [0.2, 0.25) is 0 Å². The second-order valence-corrected chi connectivity index (χ2v) is 2.09. The first-order valence-corrected chi connectivity index (χ1v) is 3.76. The molecule has 0 aliphatic heterocycles. The molecule has 0 aromatic heterocycles. The minimum atomic E-state index is 0.589. The second-order valence-electron chi connectivity index (χ2n) is 2.09. The summed E-state index contributed by atoms with van der Waals surface area (Å²) >= 11 is 0. The Labute approximate surface area is 72.3 Å². The number of rotatable bonds is 3. The molecule has 12 heavy (non-hydrogen) atoms. The average Bonchev–Trinajstić information content (AvgIpc) is 2.10. The third kappa shape index (κ3) is 8.46. The summed E-state index contributed by atoms with van der Waals surface area (Å²) in [7, 11) is 0. The van der Waals surface area contributed by atoms with Gasteiger partial charge in [-0.3, -0.25) is 9.59 Å². The van der Waals surface area contributed by atoms with Crippen LogP contribution < -0.4 is 0 Å². The fourth-order valence-electron chi connectivity index (χ4n) is 0.654. The molecule has 0 amide bonds. The van der Waals surface area contributed by atoms with Crippen LogP contribution in [0.5, 0.6) is 0 Å². The molecule has 0 rings (SSSR count). The number of carbonyl (C=O) groups excluding carboxylic acids is 2. The van der Waals surface area contributed by atoms with Gasteiger partial charge in [0.1, 0.15) is 0 Å². The summed E-state index contributed by atoms with van der Waals surface area (Å²) in [5.74, 6) is 10.0. The summed E-state index contributed by atoms with van der Waals surface area (Å²) in [5.41, 5.74) is 0. The molecule has 0 heterocycles. The summed E-state index contributed by atoms with van der Waals surface area (Å²) in [5, 5.41) is 0. The fraction of sp³-hybridized carbons (Fsp3) is 0.400. The van der Waals surface area contributed by atoms with E-state index in [-0.39, 0.29) is 0 Å². The van der Waals surface area contributed by atoms with E-state index in [1.165, 1.54) is 0 Å². The molecule has 0 atom stereocenters. The van der Waals surface area contributed by atoms with Crippen LogP contribution in [0.4, 0.5) is 0 Å². The van der Waals surface area contributed by atoms with Crippen LogP contribution in [0.15, 0.2) is 0 Å². The van der Waals surface area contributed by atoms with Crippen LogP contribution >= 0.6 is 0 Å². The van der Waals surface area contributed by atoms with Gasteiger partial charge < -0.3 is 0 Å². The minimum absolute atomic E-state index is 0.589. The van der Waals surface area contributed by atoms with Gasteiger partial charge in [-0.25, -0.2) is 0 Å². The zero-order valence-electron chi connectivity index (χ0n) is 6.80. The normalized spacial score (nSPS) is 7.00. The average molecular weight is 162 g/mol. The van der Waals surface area contributed by atoms with E-state index in [1.807, 2.05) is 0 Å². The molecule has 0 saturated heterocycles. The van der Waals surface area contributed by atoms with Crippen molar-refractivity contribution in [2.75, 3.05) is 0 Å². The van der Waals surface area contributed by atoms with E-state index in [0.717, 1.165) is 25.7 Å². The first-order valence-electron chi connectivity index (χ1n) is 3.76. The summed E-state index contributed by atoms with van der Waals surface area (Å²) in [6, 6.07) is 0. The number of aldehydes is 2. The van der Waals surface area contributed by atoms with Crippen molar-refractivity contribution in [2.45, 2.75) is 25.7 Å². The molecule has 0 saturated carbocycles. The first-order chi connectivity index (χ1) is 5.91. The lowest BCUT2D eigenvalue weighted by atomic mass is 10.2. The van der Waals surface area contributed by atoms with Gasteiger partial charge in [0.2, 0.25) is 0 Å². The summed E-state index contributed by atoms with van der Waals surface area (Å²) < 4.78 is 0. The molecule has 0 fully saturated rings. The largest absolute Gasteiger partial charge is 0.289 e. The van der Waals surface area contributed by atoms with Crippen LogP contribution in [0, 0.1) is 23.7 Å². The smallest absolute Gasteiger partial charge is 0.192 e. The van der Waals surface area contributed by atoms with E-state index in [9.17, 15) is 9.59 Å². The molecule has 62 valence electrons. The predicted octanol–water partition coefficient (Wildman–Crippen LogP) is 0.951. The van der Waals surface area contributed by atoms with Gasteiger partial charge in [-0.05, 0) is 24.7 Å². The number of unbranched alkanes of at least 4 members (excludes halogenated alkanes) is 3. The maximum Gasteiger partial charge on any atom is 0.192 e. The van der Waals surface area contributed by atoms with Crippen molar-refractivity contribution in [1.29, 1.82) is 0 Å². The first kappa shape index (κ1) is 10.5.